The summed E-state index contributed by atoms with van der Waals surface area (Å²) in [5.74, 6) is 0.0745. The van der Waals surface area contributed by atoms with E-state index in [2.05, 4.69) is 4.98 Å². The Bertz CT molecular complexity index is 689. The van der Waals surface area contributed by atoms with Crippen LogP contribution in [0.25, 0.3) is 0 Å². The van der Waals surface area contributed by atoms with Crippen LogP contribution in [0.3, 0.4) is 0 Å². The number of hydrogen-bond acceptors (Lipinski definition) is 6. The molecule has 0 saturated heterocycles. The summed E-state index contributed by atoms with van der Waals surface area (Å²) in [4.78, 5) is 24.9. The van der Waals surface area contributed by atoms with Crippen molar-refractivity contribution < 1.29 is 49.1 Å². The Kier molecular flexibility index (Phi) is 7.56. The van der Waals surface area contributed by atoms with Gasteiger partial charge in [-0.05, 0) is 29.2 Å². The van der Waals surface area contributed by atoms with E-state index in [0.29, 0.717) is 23.3 Å². The zero-order valence-electron chi connectivity index (χ0n) is 12.6. The molecule has 0 fully saturated rings. The molecule has 23 heavy (non-hydrogen) atoms. The van der Waals surface area contributed by atoms with E-state index in [9.17, 15) is 14.9 Å². The van der Waals surface area contributed by atoms with Crippen molar-refractivity contribution in [3.63, 3.8) is 0 Å². The third-order valence-corrected chi connectivity index (χ3v) is 3.80. The number of benzene rings is 1. The maximum Gasteiger partial charge on any atom is 1.00 e. The van der Waals surface area contributed by atoms with Gasteiger partial charge in [0.1, 0.15) is 11.9 Å². The molecule has 0 aliphatic carbocycles. The molecule has 0 bridgehead atoms. The van der Waals surface area contributed by atoms with Crippen LogP contribution >= 0.6 is 11.8 Å². The van der Waals surface area contributed by atoms with E-state index in [-0.39, 0.29) is 40.9 Å². The Morgan fingerprint density at radius 2 is 2.09 bits per heavy atom. The maximum atomic E-state index is 10.7. The third kappa shape index (κ3) is 5.24. The fourth-order valence-corrected chi connectivity index (χ4v) is 2.44. The van der Waals surface area contributed by atoms with Crippen molar-refractivity contribution in [1.29, 1.82) is 0 Å². The quantitative estimate of drug-likeness (QED) is 0.230. The van der Waals surface area contributed by atoms with Crippen molar-refractivity contribution in [3.05, 3.63) is 46.1 Å². The molecule has 0 saturated carbocycles. The van der Waals surface area contributed by atoms with Gasteiger partial charge in [-0.15, -0.1) is 0 Å². The molecule has 1 aromatic heterocycles. The summed E-state index contributed by atoms with van der Waals surface area (Å²) < 4.78 is 6.88. The van der Waals surface area contributed by atoms with Gasteiger partial charge in [0.05, 0.1) is 19.2 Å². The third-order valence-electron chi connectivity index (χ3n) is 2.79. The van der Waals surface area contributed by atoms with Gasteiger partial charge in [0.25, 0.3) is 5.16 Å². The molecule has 0 radical (unpaired) electrons. The number of aromatic nitrogens is 2. The van der Waals surface area contributed by atoms with E-state index in [1.165, 1.54) is 34.7 Å². The predicted molar refractivity (Wildman–Crippen MR) is 79.5 cm³/mol. The van der Waals surface area contributed by atoms with Crippen LogP contribution in [0.15, 0.2) is 35.6 Å². The van der Waals surface area contributed by atoms with E-state index >= 15 is 0 Å². The molecule has 1 aromatic carbocycles. The SMILES string of the molecule is Cn1c([N+](=O)[O-])cnc1SCCOc1ccc(C(=O)O)cc1.[Na+]. The van der Waals surface area contributed by atoms with Gasteiger partial charge in [-0.2, -0.15) is 0 Å². The average molecular weight is 346 g/mol. The van der Waals surface area contributed by atoms with Crippen LogP contribution in [0.4, 0.5) is 5.82 Å². The van der Waals surface area contributed by atoms with Crippen LogP contribution in [0.1, 0.15) is 10.4 Å². The molecule has 116 valence electrons. The Hall–Kier alpha value is -1.55. The van der Waals surface area contributed by atoms with Crippen molar-refractivity contribution in [2.24, 2.45) is 7.05 Å². The molecule has 1 N–H and O–H groups in total. The number of carboxylic acids is 1. The summed E-state index contributed by atoms with van der Waals surface area (Å²) in [6, 6.07) is 6.10. The maximum absolute atomic E-state index is 10.7. The molecule has 8 nitrogen and oxygen atoms in total. The van der Waals surface area contributed by atoms with Crippen LogP contribution in [0.2, 0.25) is 0 Å². The van der Waals surface area contributed by atoms with Crippen molar-refractivity contribution in [2.45, 2.75) is 5.16 Å². The molecule has 0 atom stereocenters. The molecule has 2 rings (SSSR count). The molecule has 1 heterocycles. The van der Waals surface area contributed by atoms with Crippen molar-refractivity contribution in [3.8, 4) is 5.75 Å². The second kappa shape index (κ2) is 8.92. The number of carboxylic acid groups (broad SMARTS) is 1. The number of carbonyl (C=O) groups is 1. The molecule has 0 spiro atoms. The molecule has 2 aromatic rings. The molecule has 0 aliphatic rings. The Balaban J connectivity index is 0.00000264. The van der Waals surface area contributed by atoms with Crippen LogP contribution in [0, 0.1) is 10.1 Å². The van der Waals surface area contributed by atoms with Crippen LogP contribution in [-0.2, 0) is 7.05 Å². The second-order valence-corrected chi connectivity index (χ2v) is 5.30. The van der Waals surface area contributed by atoms with Crippen LogP contribution < -0.4 is 34.3 Å². The van der Waals surface area contributed by atoms with Gasteiger partial charge in [-0.25, -0.2) is 14.3 Å². The Morgan fingerprint density at radius 3 is 2.61 bits per heavy atom. The van der Waals surface area contributed by atoms with E-state index in [1.807, 2.05) is 0 Å². The van der Waals surface area contributed by atoms with E-state index in [0.717, 1.165) is 0 Å². The average Bonchev–Trinajstić information content (AvgIpc) is 2.85. The monoisotopic (exact) mass is 346 g/mol. The number of hydrogen-bond donors (Lipinski definition) is 1. The summed E-state index contributed by atoms with van der Waals surface area (Å²) >= 11 is 1.34. The smallest absolute Gasteiger partial charge is 0.493 e. The fraction of sp³-hybridized carbons (Fsp3) is 0.231. The number of rotatable bonds is 7. The molecule has 0 amide bonds. The first-order valence-electron chi connectivity index (χ1n) is 6.24. The Labute approximate surface area is 158 Å². The first-order chi connectivity index (χ1) is 10.5. The topological polar surface area (TPSA) is 107 Å². The Morgan fingerprint density at radius 1 is 1.43 bits per heavy atom. The van der Waals surface area contributed by atoms with E-state index < -0.39 is 10.9 Å². The van der Waals surface area contributed by atoms with E-state index in [1.54, 1.807) is 19.2 Å². The summed E-state index contributed by atoms with van der Waals surface area (Å²) in [5.41, 5.74) is 0.196. The minimum atomic E-state index is -0.988. The molecular weight excluding hydrogens is 333 g/mol. The van der Waals surface area contributed by atoms with Gasteiger partial charge in [0.15, 0.2) is 0 Å². The number of ether oxygens (including phenoxy) is 1. The minimum Gasteiger partial charge on any atom is -0.493 e. The number of thioether (sulfide) groups is 1. The summed E-state index contributed by atoms with van der Waals surface area (Å²) in [7, 11) is 1.58. The number of nitro groups is 1. The van der Waals surface area contributed by atoms with Gasteiger partial charge < -0.3 is 20.0 Å². The first-order valence-corrected chi connectivity index (χ1v) is 7.22. The van der Waals surface area contributed by atoms with E-state index in [4.69, 9.17) is 9.84 Å². The normalized spacial score (nSPS) is 9.96. The van der Waals surface area contributed by atoms with Gasteiger partial charge in [0.2, 0.25) is 0 Å². The summed E-state index contributed by atoms with van der Waals surface area (Å²) in [5, 5.41) is 20.0. The fourth-order valence-electron chi connectivity index (χ4n) is 1.67. The zero-order chi connectivity index (χ0) is 16.1. The second-order valence-electron chi connectivity index (χ2n) is 4.24. The predicted octanol–water partition coefficient (Wildman–Crippen LogP) is -0.798. The van der Waals surface area contributed by atoms with Crippen molar-refractivity contribution >= 4 is 23.5 Å². The molecular formula is C13H13N3NaO5S+. The molecule has 0 aliphatic heterocycles. The number of imidazole rings is 1. The summed E-state index contributed by atoms with van der Waals surface area (Å²) in [6.45, 7) is 0.373. The van der Waals surface area contributed by atoms with Gasteiger partial charge >= 0.3 is 41.3 Å². The standard InChI is InChI=1S/C13H13N3O5S.Na/c1-15-11(16(19)20)8-14-13(15)22-7-6-21-10-4-2-9(3-5-10)12(17)18;/h2-5,8H,6-7H2,1H3,(H,17,18);/q;+1. The van der Waals surface area contributed by atoms with Crippen LogP contribution in [0.5, 0.6) is 5.75 Å². The first kappa shape index (κ1) is 19.5. The number of nitrogens with zero attached hydrogens (tertiary/aromatic N) is 3. The van der Waals surface area contributed by atoms with Crippen molar-refractivity contribution in [2.75, 3.05) is 12.4 Å². The van der Waals surface area contributed by atoms with Crippen LogP contribution in [-0.4, -0.2) is 37.9 Å². The molecule has 0 unspecified atom stereocenters. The minimum absolute atomic E-state index is 0. The largest absolute Gasteiger partial charge is 1.00 e. The zero-order valence-corrected chi connectivity index (χ0v) is 15.4. The van der Waals surface area contributed by atoms with Gasteiger partial charge in [-0.1, -0.05) is 11.8 Å². The van der Waals surface area contributed by atoms with Gasteiger partial charge in [0, 0.05) is 5.75 Å². The number of aromatic carboxylic acids is 1. The summed E-state index contributed by atoms with van der Waals surface area (Å²) in [6.07, 6.45) is 1.22. The van der Waals surface area contributed by atoms with Gasteiger partial charge in [-0.3, -0.25) is 0 Å². The molecule has 10 heteroatoms. The van der Waals surface area contributed by atoms with Crippen molar-refractivity contribution in [1.82, 2.24) is 9.55 Å².